The van der Waals surface area contributed by atoms with E-state index in [4.69, 9.17) is 10.5 Å². The Bertz CT molecular complexity index is 4220. The third kappa shape index (κ3) is 26.7. The molecule has 608 valence electrons. The van der Waals surface area contributed by atoms with Gasteiger partial charge in [-0.3, -0.25) is 24.0 Å². The normalized spacial score (nSPS) is 13.0. The van der Waals surface area contributed by atoms with E-state index in [0.717, 1.165) is 45.8 Å². The summed E-state index contributed by atoms with van der Waals surface area (Å²) in [6, 6.07) is 0.987. The van der Waals surface area contributed by atoms with Crippen LogP contribution in [0.5, 0.6) is 0 Å². The summed E-state index contributed by atoms with van der Waals surface area (Å²) >= 11 is 0. The molecule has 2 aromatic heterocycles. The van der Waals surface area contributed by atoms with Gasteiger partial charge >= 0.3 is 42.6 Å². The van der Waals surface area contributed by atoms with Gasteiger partial charge in [-0.1, -0.05) is 27.7 Å². The number of nitrogens with zero attached hydrogens (tertiary/aromatic N) is 4. The first-order valence-corrected chi connectivity index (χ1v) is 33.8. The van der Waals surface area contributed by atoms with Crippen LogP contribution in [0.4, 0.5) is 79.0 Å². The van der Waals surface area contributed by atoms with Gasteiger partial charge in [-0.25, -0.2) is 31.1 Å². The molecule has 0 amide bonds. The first-order chi connectivity index (χ1) is 49.3. The lowest BCUT2D eigenvalue weighted by Crippen LogP contribution is -2.33. The Balaban J connectivity index is 0.000000607. The lowest BCUT2D eigenvalue weighted by molar-refractivity contribution is -0.144. The van der Waals surface area contributed by atoms with E-state index < -0.39 is 182 Å². The van der Waals surface area contributed by atoms with Crippen molar-refractivity contribution in [1.29, 1.82) is 0 Å². The van der Waals surface area contributed by atoms with E-state index in [1.165, 1.54) is 41.5 Å². The molecule has 109 heavy (non-hydrogen) atoms. The molecule has 0 aliphatic carbocycles. The van der Waals surface area contributed by atoms with Gasteiger partial charge in [0, 0.05) is 65.2 Å². The summed E-state index contributed by atoms with van der Waals surface area (Å²) in [5.41, 5.74) is -6.13. The van der Waals surface area contributed by atoms with Crippen LogP contribution in [0.1, 0.15) is 177 Å². The number of carboxylic acids is 1. The van der Waals surface area contributed by atoms with Gasteiger partial charge in [0.2, 0.25) is 0 Å². The van der Waals surface area contributed by atoms with Crippen LogP contribution in [0.2, 0.25) is 0 Å². The largest absolute Gasteiger partial charge is 0.480 e. The monoisotopic (exact) mass is 1610 g/mol. The maximum atomic E-state index is 16.6. The number of carbonyl (C=O) groups is 4. The quantitative estimate of drug-likeness (QED) is 0.0351. The average Bonchev–Trinajstić information content (AvgIpc) is 0.759. The summed E-state index contributed by atoms with van der Waals surface area (Å²) < 4.78 is 267. The number of hydrogen-bond acceptors (Lipinski definition) is 11. The number of aromatic nitrogens is 2. The molecule has 0 spiro atoms. The molecule has 0 saturated carbocycles. The minimum absolute atomic E-state index is 0. The number of aliphatic carboxylic acids is 1. The second-order valence-corrected chi connectivity index (χ2v) is 27.2. The zero-order chi connectivity index (χ0) is 81.6. The molecular formula is C75H91F18N5O9S2. The van der Waals surface area contributed by atoms with E-state index in [0.29, 0.717) is 37.7 Å². The molecule has 14 nitrogen and oxygen atoms in total. The van der Waals surface area contributed by atoms with Gasteiger partial charge in [0.05, 0.1) is 54.4 Å². The van der Waals surface area contributed by atoms with Gasteiger partial charge in [0.25, 0.3) is 11.1 Å². The van der Waals surface area contributed by atoms with Gasteiger partial charge in [0.1, 0.15) is 40.9 Å². The van der Waals surface area contributed by atoms with E-state index in [-0.39, 0.29) is 135 Å². The summed E-state index contributed by atoms with van der Waals surface area (Å²) in [7, 11) is 7.07. The highest BCUT2D eigenvalue weighted by atomic mass is 32.1. The molecule has 4 atom stereocenters. The number of aryl methyl sites for hydroxylation is 6. The Labute approximate surface area is 633 Å². The summed E-state index contributed by atoms with van der Waals surface area (Å²) in [6.45, 7) is 15.9. The molecule has 0 fully saturated rings. The number of ketones is 1. The molecule has 34 heteroatoms. The lowest BCUT2D eigenvalue weighted by atomic mass is 9.83. The summed E-state index contributed by atoms with van der Waals surface area (Å²) in [6.07, 6.45) is -20.1. The van der Waals surface area contributed by atoms with Gasteiger partial charge < -0.3 is 39.2 Å². The number of nitrogens with two attached hydrogens (primary N) is 1. The smallest absolute Gasteiger partial charge is 0.419 e. The molecule has 2 heterocycles. The predicted molar refractivity (Wildman–Crippen MR) is 385 cm³/mol. The van der Waals surface area contributed by atoms with E-state index in [1.54, 1.807) is 46.7 Å². The second kappa shape index (κ2) is 40.9. The van der Waals surface area contributed by atoms with Gasteiger partial charge in [0.15, 0.2) is 5.78 Å². The maximum absolute atomic E-state index is 16.6. The molecule has 6 aromatic rings. The number of alkyl halides is 12. The highest BCUT2D eigenvalue weighted by Crippen LogP contribution is 2.46. The van der Waals surface area contributed by atoms with Crippen molar-refractivity contribution in [3.8, 4) is 22.3 Å². The number of esters is 2. The van der Waals surface area contributed by atoms with Crippen molar-refractivity contribution in [2.75, 3.05) is 54.5 Å². The van der Waals surface area contributed by atoms with Crippen LogP contribution in [0, 0.1) is 74.4 Å². The van der Waals surface area contributed by atoms with Crippen LogP contribution >= 0.6 is 27.0 Å². The number of hydrogen-bond donors (Lipinski definition) is 2. The zero-order valence-corrected chi connectivity index (χ0v) is 64.3. The third-order valence-corrected chi connectivity index (χ3v) is 17.0. The zero-order valence-electron chi connectivity index (χ0n) is 62.3. The molecule has 0 aliphatic heterocycles. The van der Waals surface area contributed by atoms with E-state index in [2.05, 4.69) is 4.74 Å². The Morgan fingerprint density at radius 1 is 0.486 bits per heavy atom. The molecule has 2 unspecified atom stereocenters. The fourth-order valence-corrected chi connectivity index (χ4v) is 12.4. The standard InChI is InChI=1S/C38H43F9N2O4.C20H19F6NO2.C17H25F3N2O3.2H2S/c1-8-53-32(52)16-24(34-35(40)26(17-28(36(34)41)38(45,46)47)33-21(4)13-25(39)14-22(33)5)15-30(50)29(12-20(2)3)49-19-23(10-9-11-48(6)7)27(18-31(49)51)37(42,43)44;1-4-29-15(28)8-14(27)17-18(22)12(7-13(19(17)23)20(24,25)26)16-9(2)5-11(21)6-10(16)3;1-11(2)8-14(16(24)25)22-10-12(6-5-7-21(3)4)13(9-15(22)23)17(18,19)20;;/h13-14,17-20,24,29H,8-12,15-16H2,1-7H3;5-7,14H,4,8,27H2,1-3H3;9-11,14H,5-8H2,1-4H3,(H,24,25);2*1H2/t24-,29?;14-;;;/m00.../s1. The Morgan fingerprint density at radius 2 is 0.817 bits per heavy atom. The Hall–Kier alpha value is -7.82. The molecule has 4 aromatic carbocycles. The highest BCUT2D eigenvalue weighted by Gasteiger charge is 2.43. The van der Waals surface area contributed by atoms with E-state index in [1.807, 2.05) is 19.0 Å². The maximum Gasteiger partial charge on any atom is 0.419 e. The summed E-state index contributed by atoms with van der Waals surface area (Å²) in [4.78, 5) is 79.1. The number of rotatable bonds is 28. The molecule has 0 radical (unpaired) electrons. The number of halogens is 18. The van der Waals surface area contributed by atoms with Crippen molar-refractivity contribution in [2.45, 2.75) is 176 Å². The number of benzene rings is 4. The first-order valence-electron chi connectivity index (χ1n) is 33.8. The lowest BCUT2D eigenvalue weighted by Gasteiger charge is -2.26. The molecule has 3 N–H and O–H groups in total. The van der Waals surface area contributed by atoms with Crippen molar-refractivity contribution in [2.24, 2.45) is 17.6 Å². The number of carboxylic acid groups (broad SMARTS) is 1. The van der Waals surface area contributed by atoms with Crippen LogP contribution < -0.4 is 16.9 Å². The van der Waals surface area contributed by atoms with Crippen LogP contribution in [-0.2, 0) is 66.2 Å². The molecule has 0 bridgehead atoms. The minimum atomic E-state index is -5.39. The molecular weight excluding hydrogens is 1520 g/mol. The van der Waals surface area contributed by atoms with E-state index >= 15 is 13.2 Å². The SMILES string of the molecule is CC(C)CC(C(=O)O)n1cc(CCCN(C)C)c(C(F)(F)F)cc1=O.CCOC(=O)C[C@H](CC(=O)C(CC(C)C)n1cc(CCCN(C)C)c(C(F)(F)F)cc1=O)c1c(F)c(-c2c(C)cc(F)cc2C)cc(C(F)(F)F)c1F.CCOC(=O)C[C@H](N)c1c(F)c(-c2c(C)cc(F)cc2C)cc(C(F)(F)F)c1F.S.S. The number of carbonyl (C=O) groups excluding carboxylic acids is 3. The van der Waals surface area contributed by atoms with Crippen molar-refractivity contribution in [1.82, 2.24) is 18.9 Å². The highest BCUT2D eigenvalue weighted by molar-refractivity contribution is 7.59. The molecule has 0 aliphatic rings. The molecule has 6 rings (SSSR count). The minimum Gasteiger partial charge on any atom is -0.480 e. The third-order valence-electron chi connectivity index (χ3n) is 17.0. The molecule has 0 saturated heterocycles. The predicted octanol–water partition coefficient (Wildman–Crippen LogP) is 18.0. The average molecular weight is 1610 g/mol. The summed E-state index contributed by atoms with van der Waals surface area (Å²) in [5.74, 6) is -14.8. The number of pyridine rings is 2. The van der Waals surface area contributed by atoms with Crippen LogP contribution in [0.15, 0.2) is 70.5 Å². The fourth-order valence-electron chi connectivity index (χ4n) is 12.4. The number of Topliss-reactive ketones (excluding diaryl/α,β-unsaturated/α-hetero) is 1. The second-order valence-electron chi connectivity index (χ2n) is 27.2. The Morgan fingerprint density at radius 3 is 1.15 bits per heavy atom. The topological polar surface area (TPSA) is 183 Å². The van der Waals surface area contributed by atoms with Gasteiger partial charge in [-0.2, -0.15) is 79.7 Å². The van der Waals surface area contributed by atoms with Gasteiger partial charge in [-0.15, -0.1) is 0 Å². The van der Waals surface area contributed by atoms with Crippen LogP contribution in [0.25, 0.3) is 22.3 Å². The van der Waals surface area contributed by atoms with Crippen LogP contribution in [-0.4, -0.2) is 102 Å². The van der Waals surface area contributed by atoms with Crippen molar-refractivity contribution < 1.29 is 113 Å². The van der Waals surface area contributed by atoms with Crippen molar-refractivity contribution >= 4 is 50.7 Å². The van der Waals surface area contributed by atoms with Crippen LogP contribution in [0.3, 0.4) is 0 Å². The number of ether oxygens (including phenoxy) is 2. The van der Waals surface area contributed by atoms with Crippen molar-refractivity contribution in [3.63, 3.8) is 0 Å². The summed E-state index contributed by atoms with van der Waals surface area (Å²) in [5, 5.41) is 9.38. The Kier molecular flexibility index (Phi) is 36.5. The van der Waals surface area contributed by atoms with E-state index in [9.17, 15) is 99.7 Å². The first kappa shape index (κ1) is 97.3. The van der Waals surface area contributed by atoms with Crippen molar-refractivity contribution in [3.05, 3.63) is 183 Å². The fraction of sp³-hybridized carbons (Fsp3) is 0.493. The van der Waals surface area contributed by atoms with Gasteiger partial charge in [-0.05, 0) is 214 Å².